The molecule has 2 heterocycles. The second kappa shape index (κ2) is 13.2. The molecule has 0 saturated heterocycles. The number of nitrogens with one attached hydrogen (secondary N) is 2. The average molecular weight is 571 g/mol. The van der Waals surface area contributed by atoms with Crippen molar-refractivity contribution < 1.29 is 4.39 Å². The summed E-state index contributed by atoms with van der Waals surface area (Å²) in [6.45, 7) is 17.9. The number of rotatable bonds is 13. The molecular formula is C33H43FN8. The summed E-state index contributed by atoms with van der Waals surface area (Å²) in [6.07, 6.45) is 5.25. The number of imidazole rings is 1. The van der Waals surface area contributed by atoms with E-state index in [1.807, 2.05) is 17.6 Å². The first-order chi connectivity index (χ1) is 20.0. The summed E-state index contributed by atoms with van der Waals surface area (Å²) >= 11 is 0. The van der Waals surface area contributed by atoms with Crippen LogP contribution in [0.4, 0.5) is 27.4 Å². The summed E-state index contributed by atoms with van der Waals surface area (Å²) < 4.78 is 17.2. The Labute approximate surface area is 249 Å². The van der Waals surface area contributed by atoms with Gasteiger partial charge in [-0.3, -0.25) is 0 Å². The molecule has 42 heavy (non-hydrogen) atoms. The van der Waals surface area contributed by atoms with E-state index in [0.717, 1.165) is 59.9 Å². The van der Waals surface area contributed by atoms with Crippen molar-refractivity contribution in [3.8, 4) is 11.3 Å². The van der Waals surface area contributed by atoms with Crippen molar-refractivity contribution in [1.29, 1.82) is 0 Å². The Bertz CT molecular complexity index is 1590. The minimum absolute atomic E-state index is 0.147. The van der Waals surface area contributed by atoms with E-state index in [9.17, 15) is 0 Å². The van der Waals surface area contributed by atoms with Gasteiger partial charge in [-0.25, -0.2) is 19.3 Å². The molecule has 0 bridgehead atoms. The van der Waals surface area contributed by atoms with Crippen LogP contribution in [0, 0.1) is 12.7 Å². The van der Waals surface area contributed by atoms with Crippen LogP contribution >= 0.6 is 0 Å². The summed E-state index contributed by atoms with van der Waals surface area (Å²) in [7, 11) is 6.24. The summed E-state index contributed by atoms with van der Waals surface area (Å²) in [6, 6.07) is 9.68. The van der Waals surface area contributed by atoms with Crippen LogP contribution in [0.3, 0.4) is 0 Å². The fraction of sp³-hybridized carbons (Fsp3) is 0.364. The van der Waals surface area contributed by atoms with E-state index in [1.165, 1.54) is 6.07 Å². The zero-order chi connectivity index (χ0) is 30.6. The summed E-state index contributed by atoms with van der Waals surface area (Å²) in [4.78, 5) is 18.2. The van der Waals surface area contributed by atoms with Gasteiger partial charge in [0, 0.05) is 49.3 Å². The van der Waals surface area contributed by atoms with Gasteiger partial charge in [-0.2, -0.15) is 0 Å². The maximum Gasteiger partial charge on any atom is 0.227 e. The van der Waals surface area contributed by atoms with Crippen LogP contribution in [0.1, 0.15) is 44.6 Å². The summed E-state index contributed by atoms with van der Waals surface area (Å²) in [5, 5.41) is 6.85. The molecule has 0 radical (unpaired) electrons. The van der Waals surface area contributed by atoms with Gasteiger partial charge in [-0.15, -0.1) is 0 Å². The summed E-state index contributed by atoms with van der Waals surface area (Å²) in [5.41, 5.74) is 7.15. The van der Waals surface area contributed by atoms with Crippen LogP contribution < -0.4 is 15.5 Å². The third-order valence-electron chi connectivity index (χ3n) is 7.22. The molecule has 0 atom stereocenters. The maximum absolute atomic E-state index is 15.2. The first-order valence-corrected chi connectivity index (χ1v) is 14.4. The van der Waals surface area contributed by atoms with Crippen molar-refractivity contribution >= 4 is 34.0 Å². The predicted octanol–water partition coefficient (Wildman–Crippen LogP) is 7.33. The minimum atomic E-state index is -0.365. The largest absolute Gasteiger partial charge is 0.372 e. The van der Waals surface area contributed by atoms with Gasteiger partial charge in [-0.05, 0) is 83.3 Å². The zero-order valence-corrected chi connectivity index (χ0v) is 25.9. The Balaban J connectivity index is 1.74. The fourth-order valence-corrected chi connectivity index (χ4v) is 5.10. The van der Waals surface area contributed by atoms with Gasteiger partial charge in [0.1, 0.15) is 11.3 Å². The number of hydrogen-bond donors (Lipinski definition) is 2. The Kier molecular flexibility index (Phi) is 9.63. The van der Waals surface area contributed by atoms with Crippen molar-refractivity contribution in [3.63, 3.8) is 0 Å². The minimum Gasteiger partial charge on any atom is -0.372 e. The molecule has 0 unspecified atom stereocenters. The van der Waals surface area contributed by atoms with Gasteiger partial charge >= 0.3 is 0 Å². The van der Waals surface area contributed by atoms with E-state index in [-0.39, 0.29) is 11.9 Å². The molecule has 2 N–H and O–H groups in total. The molecule has 0 aliphatic heterocycles. The molecule has 0 amide bonds. The number of fused-ring (bicyclic) bond motifs is 1. The Morgan fingerprint density at radius 2 is 1.86 bits per heavy atom. The molecule has 4 aromatic rings. The normalized spacial score (nSPS) is 11.4. The van der Waals surface area contributed by atoms with Crippen molar-refractivity contribution in [2.45, 2.75) is 46.6 Å². The maximum atomic E-state index is 15.2. The highest BCUT2D eigenvalue weighted by Gasteiger charge is 2.18. The quantitative estimate of drug-likeness (QED) is 0.163. The fourth-order valence-electron chi connectivity index (χ4n) is 5.10. The van der Waals surface area contributed by atoms with E-state index in [1.54, 1.807) is 18.3 Å². The van der Waals surface area contributed by atoms with Crippen molar-refractivity contribution in [2.75, 3.05) is 49.8 Å². The van der Waals surface area contributed by atoms with Gasteiger partial charge in [0.05, 0.1) is 22.6 Å². The number of hydrogen-bond acceptors (Lipinski definition) is 7. The van der Waals surface area contributed by atoms with Crippen molar-refractivity contribution in [3.05, 3.63) is 78.7 Å². The Morgan fingerprint density at radius 3 is 2.52 bits per heavy atom. The highest BCUT2D eigenvalue weighted by molar-refractivity contribution is 5.83. The zero-order valence-electron chi connectivity index (χ0n) is 25.9. The van der Waals surface area contributed by atoms with Gasteiger partial charge < -0.3 is 25.0 Å². The Hall–Kier alpha value is -4.24. The average Bonchev–Trinajstić information content (AvgIpc) is 3.29. The molecule has 0 aliphatic carbocycles. The molecule has 0 aliphatic rings. The van der Waals surface area contributed by atoms with E-state index >= 15 is 4.39 Å². The van der Waals surface area contributed by atoms with E-state index in [2.05, 4.69) is 97.6 Å². The van der Waals surface area contributed by atoms with E-state index < -0.39 is 0 Å². The highest BCUT2D eigenvalue weighted by Crippen LogP contribution is 2.35. The monoisotopic (exact) mass is 570 g/mol. The van der Waals surface area contributed by atoms with Crippen LogP contribution in [0.5, 0.6) is 0 Å². The number of nitrogens with zero attached hydrogens (tertiary/aromatic N) is 6. The van der Waals surface area contributed by atoms with Crippen LogP contribution in [0.25, 0.3) is 22.3 Å². The molecular weight excluding hydrogens is 527 g/mol. The molecule has 9 heteroatoms. The Morgan fingerprint density at radius 1 is 1.10 bits per heavy atom. The lowest BCUT2D eigenvalue weighted by atomic mass is 10.0. The molecule has 0 fully saturated rings. The highest BCUT2D eigenvalue weighted by atomic mass is 19.1. The lowest BCUT2D eigenvalue weighted by molar-refractivity contribution is 0.416. The number of halogens is 1. The lowest BCUT2D eigenvalue weighted by Gasteiger charge is -2.27. The SMILES string of the molecule is C=CC(=C)Nc1cc(Nc2nccc(-c3cc(F)c4nc(C)n(C(C)C)c4c3)n2)c(CCC)cc1N(C)CCN(C)C. The molecule has 2 aromatic heterocycles. The third-order valence-corrected chi connectivity index (χ3v) is 7.22. The lowest BCUT2D eigenvalue weighted by Crippen LogP contribution is -2.29. The smallest absolute Gasteiger partial charge is 0.227 e. The van der Waals surface area contributed by atoms with E-state index in [4.69, 9.17) is 4.98 Å². The van der Waals surface area contributed by atoms with Gasteiger partial charge in [0.15, 0.2) is 5.82 Å². The van der Waals surface area contributed by atoms with Gasteiger partial charge in [0.25, 0.3) is 0 Å². The van der Waals surface area contributed by atoms with Crippen LogP contribution in [-0.4, -0.2) is 58.7 Å². The topological polar surface area (TPSA) is 74.1 Å². The third kappa shape index (κ3) is 6.79. The number of benzene rings is 2. The number of aryl methyl sites for hydroxylation is 2. The molecule has 0 saturated carbocycles. The number of likely N-dealkylation sites (N-methyl/N-ethyl adjacent to an activating group) is 2. The number of allylic oxidation sites excluding steroid dienone is 1. The number of anilines is 4. The second-order valence-electron chi connectivity index (χ2n) is 11.2. The first kappa shape index (κ1) is 30.7. The molecule has 8 nitrogen and oxygen atoms in total. The predicted molar refractivity (Wildman–Crippen MR) is 174 cm³/mol. The van der Waals surface area contributed by atoms with Crippen molar-refractivity contribution in [2.24, 2.45) is 0 Å². The summed E-state index contributed by atoms with van der Waals surface area (Å²) in [5.74, 6) is 0.848. The molecule has 222 valence electrons. The first-order valence-electron chi connectivity index (χ1n) is 14.4. The van der Waals surface area contributed by atoms with Crippen molar-refractivity contribution in [1.82, 2.24) is 24.4 Å². The van der Waals surface area contributed by atoms with E-state index in [0.29, 0.717) is 28.4 Å². The second-order valence-corrected chi connectivity index (χ2v) is 11.2. The van der Waals surface area contributed by atoms with Crippen LogP contribution in [-0.2, 0) is 6.42 Å². The van der Waals surface area contributed by atoms with Crippen LogP contribution in [0.15, 0.2) is 61.5 Å². The molecule has 0 spiro atoms. The van der Waals surface area contributed by atoms with Gasteiger partial charge in [0.2, 0.25) is 5.95 Å². The number of aromatic nitrogens is 4. The molecule has 2 aromatic carbocycles. The standard InChI is InChI=1S/C33H43FN8/c1-10-12-24-18-30(41(9)16-15-40(7)8)29(36-22(5)11-2)20-28(24)39-33-35-14-13-27(38-33)25-17-26(34)32-31(19-25)42(21(3)4)23(6)37-32/h11,13-14,17-21,36H,2,5,10,12,15-16H2,1,3-4,6-9H3,(H,35,38,39). The molecule has 4 rings (SSSR count). The van der Waals surface area contributed by atoms with Crippen LogP contribution in [0.2, 0.25) is 0 Å². The van der Waals surface area contributed by atoms with Gasteiger partial charge in [-0.1, -0.05) is 26.5 Å².